The van der Waals surface area contributed by atoms with Gasteiger partial charge in [-0.1, -0.05) is 0 Å². The van der Waals surface area contributed by atoms with Crippen molar-refractivity contribution in [1.82, 2.24) is 9.55 Å². The Balaban J connectivity index is 1.96. The molecule has 17 nitrogen and oxygen atoms in total. The molecule has 1 fully saturated rings. The zero-order valence-electron chi connectivity index (χ0n) is 18.8. The highest BCUT2D eigenvalue weighted by molar-refractivity contribution is 5.86. The third kappa shape index (κ3) is 5.39. The molecule has 0 bridgehead atoms. The standard InChI is InChI=1S/C19H24N4O13/c1-31-10-11(34-15(13(10)36-18(21)29)23-4-3-8(25)22-19(23)30)12(14(20)27)35-17-9(26)6(24)5-7(33-17)16(28)32-2/h3-6,9-13,15,17,24,26H,1-2H3,(H2,20,27)(H2,21,29)(H,22,25,30)/t6?,9?,10-,11+,12?,13-,15-,17?/m1/s1. The number of aromatic amines is 1. The number of carbonyl (C=O) groups is 3. The number of hydrogen-bond acceptors (Lipinski definition) is 13. The predicted molar refractivity (Wildman–Crippen MR) is 112 cm³/mol. The highest BCUT2D eigenvalue weighted by Crippen LogP contribution is 2.36. The lowest BCUT2D eigenvalue weighted by molar-refractivity contribution is -0.242. The maximum Gasteiger partial charge on any atom is 0.405 e. The van der Waals surface area contributed by atoms with Crippen LogP contribution >= 0.6 is 0 Å². The minimum atomic E-state index is -1.83. The van der Waals surface area contributed by atoms with Crippen LogP contribution in [0.25, 0.3) is 0 Å². The number of H-pyrrole nitrogens is 1. The Morgan fingerprint density at radius 2 is 1.86 bits per heavy atom. The molecule has 0 aliphatic carbocycles. The minimum absolute atomic E-state index is 0.522. The quantitative estimate of drug-likeness (QED) is 0.206. The van der Waals surface area contributed by atoms with Gasteiger partial charge >= 0.3 is 17.8 Å². The molecule has 17 heteroatoms. The van der Waals surface area contributed by atoms with Crippen molar-refractivity contribution >= 4 is 18.0 Å². The number of nitrogens with two attached hydrogens (primary N) is 2. The van der Waals surface area contributed by atoms with E-state index in [1.165, 1.54) is 0 Å². The van der Waals surface area contributed by atoms with Crippen LogP contribution in [0.4, 0.5) is 4.79 Å². The first-order valence-corrected chi connectivity index (χ1v) is 10.2. The summed E-state index contributed by atoms with van der Waals surface area (Å²) in [4.78, 5) is 61.6. The summed E-state index contributed by atoms with van der Waals surface area (Å²) < 4.78 is 32.2. The molecule has 36 heavy (non-hydrogen) atoms. The molecule has 198 valence electrons. The van der Waals surface area contributed by atoms with Crippen molar-refractivity contribution in [3.05, 3.63) is 44.9 Å². The number of aliphatic hydroxyl groups is 2. The Kier molecular flexibility index (Phi) is 8.10. The summed E-state index contributed by atoms with van der Waals surface area (Å²) in [6.45, 7) is 0. The van der Waals surface area contributed by atoms with Gasteiger partial charge in [0.1, 0.15) is 24.4 Å². The molecule has 0 aromatic carbocycles. The molecule has 4 unspecified atom stereocenters. The first kappa shape index (κ1) is 26.8. The van der Waals surface area contributed by atoms with Crippen LogP contribution in [-0.4, -0.2) is 94.9 Å². The fraction of sp³-hybridized carbons (Fsp3) is 0.526. The molecule has 0 radical (unpaired) electrons. The summed E-state index contributed by atoms with van der Waals surface area (Å²) >= 11 is 0. The monoisotopic (exact) mass is 516 g/mol. The molecule has 8 atom stereocenters. The molecule has 2 amide bonds. The molecule has 1 aromatic rings. The highest BCUT2D eigenvalue weighted by Gasteiger charge is 2.54. The van der Waals surface area contributed by atoms with Crippen molar-refractivity contribution in [2.24, 2.45) is 11.5 Å². The number of aromatic nitrogens is 2. The number of rotatable bonds is 8. The van der Waals surface area contributed by atoms with Crippen LogP contribution in [0.2, 0.25) is 0 Å². The first-order chi connectivity index (χ1) is 17.0. The third-order valence-corrected chi connectivity index (χ3v) is 5.32. The van der Waals surface area contributed by atoms with Gasteiger partial charge in [0.2, 0.25) is 18.0 Å². The number of amides is 2. The smallest absolute Gasteiger partial charge is 0.405 e. The summed E-state index contributed by atoms with van der Waals surface area (Å²) in [5.41, 5.74) is 8.94. The van der Waals surface area contributed by atoms with Gasteiger partial charge in [-0.2, -0.15) is 0 Å². The van der Waals surface area contributed by atoms with Crippen LogP contribution in [0.3, 0.4) is 0 Å². The van der Waals surface area contributed by atoms with Gasteiger partial charge in [-0.05, 0) is 6.08 Å². The number of aliphatic hydroxyl groups excluding tert-OH is 2. The number of nitrogens with one attached hydrogen (secondary N) is 1. The number of ether oxygens (including phenoxy) is 6. The maximum atomic E-state index is 12.4. The van der Waals surface area contributed by atoms with Crippen molar-refractivity contribution < 1.29 is 53.0 Å². The SMILES string of the molecule is COC(=O)C1=CC(O)C(O)C(OC(C(N)=O)[C@H]2O[C@@H](n3ccc(=O)[nH]c3=O)[C@H](OC(N)=O)[C@@H]2OC)O1. The van der Waals surface area contributed by atoms with E-state index in [1.807, 2.05) is 4.98 Å². The second kappa shape index (κ2) is 10.9. The fourth-order valence-corrected chi connectivity index (χ4v) is 3.71. The molecule has 1 aromatic heterocycles. The van der Waals surface area contributed by atoms with E-state index in [0.717, 1.165) is 37.1 Å². The summed E-state index contributed by atoms with van der Waals surface area (Å²) in [6.07, 6.45) is -12.3. The molecule has 7 N–H and O–H groups in total. The van der Waals surface area contributed by atoms with E-state index < -0.39 is 84.1 Å². The maximum absolute atomic E-state index is 12.4. The average molecular weight is 516 g/mol. The molecule has 0 saturated carbocycles. The van der Waals surface area contributed by atoms with Gasteiger partial charge in [-0.25, -0.2) is 14.4 Å². The number of carbonyl (C=O) groups excluding carboxylic acids is 3. The molecule has 2 aliphatic rings. The third-order valence-electron chi connectivity index (χ3n) is 5.32. The summed E-state index contributed by atoms with van der Waals surface area (Å²) in [6, 6.07) is 0.984. The van der Waals surface area contributed by atoms with Crippen LogP contribution < -0.4 is 22.7 Å². The average Bonchev–Trinajstić information content (AvgIpc) is 3.15. The summed E-state index contributed by atoms with van der Waals surface area (Å²) in [7, 11) is 2.20. The second-order valence-corrected chi connectivity index (χ2v) is 7.56. The summed E-state index contributed by atoms with van der Waals surface area (Å²) in [5.74, 6) is -2.72. The van der Waals surface area contributed by atoms with Gasteiger partial charge < -0.3 is 50.1 Å². The van der Waals surface area contributed by atoms with E-state index in [0.29, 0.717) is 0 Å². The van der Waals surface area contributed by atoms with E-state index in [1.54, 1.807) is 0 Å². The van der Waals surface area contributed by atoms with Gasteiger partial charge in [-0.15, -0.1) is 0 Å². The van der Waals surface area contributed by atoms with Gasteiger partial charge in [0, 0.05) is 19.4 Å². The minimum Gasteiger partial charge on any atom is -0.463 e. The zero-order valence-corrected chi connectivity index (χ0v) is 18.8. The lowest BCUT2D eigenvalue weighted by atomic mass is 10.0. The van der Waals surface area contributed by atoms with Crippen LogP contribution in [0, 0.1) is 0 Å². The van der Waals surface area contributed by atoms with Crippen molar-refractivity contribution in [1.29, 1.82) is 0 Å². The molecular formula is C19H24N4O13. The topological polar surface area (TPSA) is 254 Å². The molecular weight excluding hydrogens is 492 g/mol. The first-order valence-electron chi connectivity index (χ1n) is 10.2. The van der Waals surface area contributed by atoms with Gasteiger partial charge in [0.25, 0.3) is 5.56 Å². The normalized spacial score (nSPS) is 30.6. The van der Waals surface area contributed by atoms with Crippen molar-refractivity contribution in [3.63, 3.8) is 0 Å². The lowest BCUT2D eigenvalue weighted by Gasteiger charge is -2.34. The molecule has 1 saturated heterocycles. The Labute approximate surface area is 201 Å². The van der Waals surface area contributed by atoms with E-state index in [-0.39, 0.29) is 0 Å². The van der Waals surface area contributed by atoms with E-state index >= 15 is 0 Å². The van der Waals surface area contributed by atoms with Crippen LogP contribution in [0.5, 0.6) is 0 Å². The number of methoxy groups -OCH3 is 2. The second-order valence-electron chi connectivity index (χ2n) is 7.56. The fourth-order valence-electron chi connectivity index (χ4n) is 3.71. The Bertz CT molecular complexity index is 1150. The van der Waals surface area contributed by atoms with Crippen molar-refractivity contribution in [2.45, 2.75) is 49.1 Å². The van der Waals surface area contributed by atoms with Crippen molar-refractivity contribution in [3.8, 4) is 0 Å². The number of nitrogens with zero attached hydrogens (tertiary/aromatic N) is 1. The Morgan fingerprint density at radius 3 is 2.42 bits per heavy atom. The largest absolute Gasteiger partial charge is 0.463 e. The Hall–Kier alpha value is -3.77. The van der Waals surface area contributed by atoms with Gasteiger partial charge in [0.05, 0.1) is 7.11 Å². The lowest BCUT2D eigenvalue weighted by Crippen LogP contribution is -2.54. The van der Waals surface area contributed by atoms with E-state index in [2.05, 4.69) is 4.74 Å². The number of primary amides is 2. The van der Waals surface area contributed by atoms with Gasteiger partial charge in [-0.3, -0.25) is 19.1 Å². The van der Waals surface area contributed by atoms with Crippen molar-refractivity contribution in [2.75, 3.05) is 14.2 Å². The molecule has 2 aliphatic heterocycles. The molecule has 3 rings (SSSR count). The number of hydrogen-bond donors (Lipinski definition) is 5. The zero-order chi connectivity index (χ0) is 26.7. The number of esters is 1. The summed E-state index contributed by atoms with van der Waals surface area (Å²) in [5, 5.41) is 20.3. The Morgan fingerprint density at radius 1 is 1.17 bits per heavy atom. The van der Waals surface area contributed by atoms with Crippen LogP contribution in [0.1, 0.15) is 6.23 Å². The van der Waals surface area contributed by atoms with E-state index in [9.17, 15) is 34.2 Å². The highest BCUT2D eigenvalue weighted by atomic mass is 16.7. The van der Waals surface area contributed by atoms with Crippen LogP contribution in [-0.2, 0) is 38.0 Å². The molecule has 3 heterocycles. The van der Waals surface area contributed by atoms with Gasteiger partial charge in [0.15, 0.2) is 18.4 Å². The van der Waals surface area contributed by atoms with E-state index in [4.69, 9.17) is 35.2 Å². The van der Waals surface area contributed by atoms with Crippen LogP contribution in [0.15, 0.2) is 33.7 Å². The predicted octanol–water partition coefficient (Wildman–Crippen LogP) is -4.08. The molecule has 0 spiro atoms.